The van der Waals surface area contributed by atoms with Crippen LogP contribution in [0.4, 0.5) is 0 Å². The van der Waals surface area contributed by atoms with Crippen molar-refractivity contribution >= 4 is 6.21 Å². The number of hydrogen-bond donors (Lipinski definition) is 0. The Bertz CT molecular complexity index is 729. The second-order valence-corrected chi connectivity index (χ2v) is 5.04. The monoisotopic (exact) mass is 329 g/mol. The molecule has 0 N–H and O–H groups in total. The second kappa shape index (κ2) is 7.59. The van der Waals surface area contributed by atoms with Gasteiger partial charge in [0.25, 0.3) is 0 Å². The molecule has 24 heavy (non-hydrogen) atoms. The minimum Gasteiger partial charge on any atom is -0.493 e. The van der Waals surface area contributed by atoms with Crippen LogP contribution in [0, 0.1) is 0 Å². The predicted octanol–water partition coefficient (Wildman–Crippen LogP) is 3.37. The highest BCUT2D eigenvalue weighted by atomic mass is 16.7. The highest BCUT2D eigenvalue weighted by Crippen LogP contribution is 2.32. The lowest BCUT2D eigenvalue weighted by molar-refractivity contribution is 0.132. The van der Waals surface area contributed by atoms with E-state index in [9.17, 15) is 0 Å². The lowest BCUT2D eigenvalue weighted by atomic mass is 10.2. The average molecular weight is 329 g/mol. The van der Waals surface area contributed by atoms with Gasteiger partial charge in [-0.05, 0) is 42.8 Å². The van der Waals surface area contributed by atoms with Crippen LogP contribution >= 0.6 is 0 Å². The Hall–Kier alpha value is -2.89. The van der Waals surface area contributed by atoms with Crippen LogP contribution < -0.4 is 18.9 Å². The fraction of sp³-hybridized carbons (Fsp3) is 0.278. The van der Waals surface area contributed by atoms with E-state index in [0.29, 0.717) is 24.7 Å². The Morgan fingerprint density at radius 3 is 2.79 bits per heavy atom. The summed E-state index contributed by atoms with van der Waals surface area (Å²) in [7, 11) is 1.61. The van der Waals surface area contributed by atoms with Crippen LogP contribution in [0.5, 0.6) is 23.0 Å². The van der Waals surface area contributed by atoms with Crippen LogP contribution in [0.15, 0.2) is 41.6 Å². The summed E-state index contributed by atoms with van der Waals surface area (Å²) in [4.78, 5) is 5.34. The molecule has 126 valence electrons. The van der Waals surface area contributed by atoms with Crippen LogP contribution in [0.2, 0.25) is 0 Å². The van der Waals surface area contributed by atoms with Crippen molar-refractivity contribution in [1.29, 1.82) is 0 Å². The zero-order valence-electron chi connectivity index (χ0n) is 13.7. The van der Waals surface area contributed by atoms with Crippen molar-refractivity contribution in [1.82, 2.24) is 0 Å². The van der Waals surface area contributed by atoms with E-state index < -0.39 is 0 Å². The Morgan fingerprint density at radius 1 is 1.08 bits per heavy atom. The van der Waals surface area contributed by atoms with E-state index in [1.807, 2.05) is 43.3 Å². The number of rotatable bonds is 7. The summed E-state index contributed by atoms with van der Waals surface area (Å²) in [5.74, 6) is 2.86. The molecule has 0 atom stereocenters. The molecular formula is C18H19NO5. The summed E-state index contributed by atoms with van der Waals surface area (Å²) < 4.78 is 21.4. The van der Waals surface area contributed by atoms with Gasteiger partial charge in [0.05, 0.1) is 19.9 Å². The van der Waals surface area contributed by atoms with Gasteiger partial charge in [-0.15, -0.1) is 0 Å². The second-order valence-electron chi connectivity index (χ2n) is 5.04. The first-order valence-electron chi connectivity index (χ1n) is 7.65. The smallest absolute Gasteiger partial charge is 0.231 e. The molecule has 0 bridgehead atoms. The number of hydrogen-bond acceptors (Lipinski definition) is 6. The van der Waals surface area contributed by atoms with Crippen LogP contribution in [0.25, 0.3) is 0 Å². The maximum atomic E-state index is 5.48. The van der Waals surface area contributed by atoms with Gasteiger partial charge in [-0.1, -0.05) is 11.2 Å². The van der Waals surface area contributed by atoms with Gasteiger partial charge in [0.15, 0.2) is 23.0 Å². The quantitative estimate of drug-likeness (QED) is 0.576. The van der Waals surface area contributed by atoms with Crippen molar-refractivity contribution in [2.45, 2.75) is 13.5 Å². The Labute approximate surface area is 140 Å². The first-order valence-corrected chi connectivity index (χ1v) is 7.65. The lowest BCUT2D eigenvalue weighted by Crippen LogP contribution is -1.96. The van der Waals surface area contributed by atoms with E-state index in [0.717, 1.165) is 22.6 Å². The molecule has 0 fully saturated rings. The molecule has 2 aromatic rings. The van der Waals surface area contributed by atoms with Crippen molar-refractivity contribution in [2.75, 3.05) is 20.5 Å². The van der Waals surface area contributed by atoms with Crippen LogP contribution in [0.1, 0.15) is 18.1 Å². The molecule has 6 nitrogen and oxygen atoms in total. The topological polar surface area (TPSA) is 58.5 Å². The van der Waals surface area contributed by atoms with E-state index in [4.69, 9.17) is 23.8 Å². The molecule has 0 spiro atoms. The largest absolute Gasteiger partial charge is 0.493 e. The molecule has 1 aliphatic heterocycles. The van der Waals surface area contributed by atoms with Gasteiger partial charge in [-0.25, -0.2) is 0 Å². The molecule has 0 radical (unpaired) electrons. The third-order valence-electron chi connectivity index (χ3n) is 3.43. The van der Waals surface area contributed by atoms with E-state index in [1.165, 1.54) is 0 Å². The maximum Gasteiger partial charge on any atom is 0.231 e. The first-order chi connectivity index (χ1) is 11.8. The van der Waals surface area contributed by atoms with Crippen LogP contribution in [0.3, 0.4) is 0 Å². The number of fused-ring (bicyclic) bond motifs is 1. The van der Waals surface area contributed by atoms with Crippen molar-refractivity contribution in [3.63, 3.8) is 0 Å². The molecule has 0 aliphatic carbocycles. The SMILES string of the molecule is CCOc1ccc(/C=N\OCc2ccc3c(c2)OCO3)cc1OC. The van der Waals surface area contributed by atoms with Gasteiger partial charge >= 0.3 is 0 Å². The minimum atomic E-state index is 0.261. The van der Waals surface area contributed by atoms with Gasteiger partial charge < -0.3 is 23.8 Å². The van der Waals surface area contributed by atoms with E-state index in [2.05, 4.69) is 5.16 Å². The normalized spacial score (nSPS) is 12.4. The fourth-order valence-electron chi connectivity index (χ4n) is 2.28. The molecule has 3 rings (SSSR count). The molecule has 0 saturated heterocycles. The zero-order valence-corrected chi connectivity index (χ0v) is 13.7. The summed E-state index contributed by atoms with van der Waals surface area (Å²) in [5.41, 5.74) is 1.82. The maximum absolute atomic E-state index is 5.48. The first kappa shape index (κ1) is 16.0. The van der Waals surface area contributed by atoms with Gasteiger partial charge in [0.2, 0.25) is 6.79 Å². The number of benzene rings is 2. The average Bonchev–Trinajstić information content (AvgIpc) is 3.07. The number of oxime groups is 1. The Kier molecular flexibility index (Phi) is 5.05. The zero-order chi connectivity index (χ0) is 16.8. The van der Waals surface area contributed by atoms with E-state index in [-0.39, 0.29) is 6.79 Å². The summed E-state index contributed by atoms with van der Waals surface area (Å²) in [5, 5.41) is 3.99. The van der Waals surface area contributed by atoms with Crippen molar-refractivity contribution in [3.05, 3.63) is 47.5 Å². The van der Waals surface area contributed by atoms with Crippen LogP contribution in [-0.2, 0) is 11.4 Å². The molecule has 0 unspecified atom stereocenters. The van der Waals surface area contributed by atoms with Crippen LogP contribution in [-0.4, -0.2) is 26.7 Å². The molecular weight excluding hydrogens is 310 g/mol. The minimum absolute atomic E-state index is 0.261. The van der Waals surface area contributed by atoms with Gasteiger partial charge in [-0.3, -0.25) is 0 Å². The highest BCUT2D eigenvalue weighted by Gasteiger charge is 2.13. The highest BCUT2D eigenvalue weighted by molar-refractivity contribution is 5.80. The van der Waals surface area contributed by atoms with Crippen molar-refractivity contribution in [3.8, 4) is 23.0 Å². The Balaban J connectivity index is 1.58. The van der Waals surface area contributed by atoms with Crippen molar-refractivity contribution < 1.29 is 23.8 Å². The molecule has 0 amide bonds. The Morgan fingerprint density at radius 2 is 1.96 bits per heavy atom. The molecule has 1 heterocycles. The van der Waals surface area contributed by atoms with E-state index in [1.54, 1.807) is 13.3 Å². The standard InChI is InChI=1S/C18H19NO5/c1-3-21-15-6-4-13(8-17(15)20-2)10-19-24-11-14-5-7-16-18(9-14)23-12-22-16/h4-10H,3,11-12H2,1-2H3/b19-10-. The molecule has 1 aliphatic rings. The fourth-order valence-corrected chi connectivity index (χ4v) is 2.28. The molecule has 0 aromatic heterocycles. The number of methoxy groups -OCH3 is 1. The summed E-state index contributed by atoms with van der Waals surface area (Å²) in [6.07, 6.45) is 1.63. The lowest BCUT2D eigenvalue weighted by Gasteiger charge is -2.09. The number of nitrogens with zero attached hydrogens (tertiary/aromatic N) is 1. The molecule has 0 saturated carbocycles. The molecule has 2 aromatic carbocycles. The summed E-state index contributed by atoms with van der Waals surface area (Å²) >= 11 is 0. The third kappa shape index (κ3) is 3.71. The van der Waals surface area contributed by atoms with E-state index >= 15 is 0 Å². The summed E-state index contributed by atoms with van der Waals surface area (Å²) in [6.45, 7) is 3.12. The predicted molar refractivity (Wildman–Crippen MR) is 89.1 cm³/mol. The van der Waals surface area contributed by atoms with Gasteiger partial charge in [-0.2, -0.15) is 0 Å². The van der Waals surface area contributed by atoms with Crippen molar-refractivity contribution in [2.24, 2.45) is 5.16 Å². The van der Waals surface area contributed by atoms with Gasteiger partial charge in [0, 0.05) is 5.56 Å². The third-order valence-corrected chi connectivity index (χ3v) is 3.43. The molecule has 6 heteroatoms. The number of ether oxygens (including phenoxy) is 4. The van der Waals surface area contributed by atoms with Gasteiger partial charge in [0.1, 0.15) is 6.61 Å². The summed E-state index contributed by atoms with van der Waals surface area (Å²) in [6, 6.07) is 11.3.